The second-order valence-corrected chi connectivity index (χ2v) is 7.50. The molecule has 0 aliphatic rings. The van der Waals surface area contributed by atoms with E-state index in [1.165, 1.54) is 16.4 Å². The van der Waals surface area contributed by atoms with Crippen molar-refractivity contribution >= 4 is 10.0 Å². The monoisotopic (exact) mass is 315 g/mol. The predicted molar refractivity (Wildman–Crippen MR) is 83.0 cm³/mol. The fourth-order valence-electron chi connectivity index (χ4n) is 1.88. The summed E-state index contributed by atoms with van der Waals surface area (Å²) in [6.45, 7) is 7.91. The van der Waals surface area contributed by atoms with Crippen LogP contribution in [0.25, 0.3) is 0 Å². The molecule has 120 valence electrons. The van der Waals surface area contributed by atoms with Crippen LogP contribution in [0.5, 0.6) is 5.75 Å². The van der Waals surface area contributed by atoms with Crippen LogP contribution in [-0.4, -0.2) is 43.1 Å². The Bertz CT molecular complexity index is 532. The van der Waals surface area contributed by atoms with E-state index in [9.17, 15) is 13.5 Å². The molecule has 0 radical (unpaired) electrons. The standard InChI is InChI=1S/C15H25NO4S/c1-5-11-20-13-7-9-14(10-8-13)21(18,19)16(6-2)12-15(3,4)17/h7-10,17H,5-6,11-12H2,1-4H3. The lowest BCUT2D eigenvalue weighted by molar-refractivity contribution is 0.0601. The van der Waals surface area contributed by atoms with Gasteiger partial charge in [0, 0.05) is 13.1 Å². The first kappa shape index (κ1) is 17.9. The SMILES string of the molecule is CCCOc1ccc(S(=O)(=O)N(CC)CC(C)(C)O)cc1. The van der Waals surface area contributed by atoms with Gasteiger partial charge in [0.15, 0.2) is 0 Å². The van der Waals surface area contributed by atoms with Crippen LogP contribution in [0.3, 0.4) is 0 Å². The largest absolute Gasteiger partial charge is 0.494 e. The molecule has 0 aliphatic carbocycles. The smallest absolute Gasteiger partial charge is 0.243 e. The van der Waals surface area contributed by atoms with E-state index >= 15 is 0 Å². The van der Waals surface area contributed by atoms with E-state index in [4.69, 9.17) is 4.74 Å². The predicted octanol–water partition coefficient (Wildman–Crippen LogP) is 2.26. The normalized spacial score (nSPS) is 12.7. The molecule has 0 unspecified atom stereocenters. The Morgan fingerprint density at radius 2 is 1.76 bits per heavy atom. The molecule has 0 atom stereocenters. The van der Waals surface area contributed by atoms with Gasteiger partial charge in [0.2, 0.25) is 10.0 Å². The highest BCUT2D eigenvalue weighted by molar-refractivity contribution is 7.89. The molecule has 0 aliphatic heterocycles. The molecule has 0 fully saturated rings. The van der Waals surface area contributed by atoms with Crippen molar-refractivity contribution < 1.29 is 18.3 Å². The highest BCUT2D eigenvalue weighted by Crippen LogP contribution is 2.21. The zero-order valence-corrected chi connectivity index (χ0v) is 14.0. The van der Waals surface area contributed by atoms with Gasteiger partial charge >= 0.3 is 0 Å². The Kier molecular flexibility index (Phi) is 6.19. The van der Waals surface area contributed by atoms with Crippen LogP contribution in [0.15, 0.2) is 29.2 Å². The molecule has 0 amide bonds. The number of rotatable bonds is 8. The van der Waals surface area contributed by atoms with Crippen molar-refractivity contribution in [2.24, 2.45) is 0 Å². The third-order valence-electron chi connectivity index (χ3n) is 2.85. The van der Waals surface area contributed by atoms with Gasteiger partial charge < -0.3 is 9.84 Å². The molecule has 5 nitrogen and oxygen atoms in total. The average molecular weight is 315 g/mol. The van der Waals surface area contributed by atoms with Crippen LogP contribution in [0.4, 0.5) is 0 Å². The molecule has 1 aromatic rings. The van der Waals surface area contributed by atoms with Crippen molar-refractivity contribution in [3.63, 3.8) is 0 Å². The number of hydrogen-bond donors (Lipinski definition) is 1. The van der Waals surface area contributed by atoms with Crippen molar-refractivity contribution in [3.05, 3.63) is 24.3 Å². The van der Waals surface area contributed by atoms with Crippen molar-refractivity contribution in [1.82, 2.24) is 4.31 Å². The lowest BCUT2D eigenvalue weighted by Gasteiger charge is -2.27. The van der Waals surface area contributed by atoms with Crippen LogP contribution in [0, 0.1) is 0 Å². The minimum Gasteiger partial charge on any atom is -0.494 e. The topological polar surface area (TPSA) is 66.8 Å². The van der Waals surface area contributed by atoms with Crippen molar-refractivity contribution in [3.8, 4) is 5.75 Å². The van der Waals surface area contributed by atoms with Crippen LogP contribution in [0.2, 0.25) is 0 Å². The van der Waals surface area contributed by atoms with Gasteiger partial charge in [0.1, 0.15) is 5.75 Å². The maximum absolute atomic E-state index is 12.5. The quantitative estimate of drug-likeness (QED) is 0.799. The first-order chi connectivity index (χ1) is 9.70. The number of likely N-dealkylation sites (N-methyl/N-ethyl adjacent to an activating group) is 1. The molecule has 6 heteroatoms. The number of nitrogens with zero attached hydrogens (tertiary/aromatic N) is 1. The lowest BCUT2D eigenvalue weighted by Crippen LogP contribution is -2.42. The van der Waals surface area contributed by atoms with Gasteiger partial charge in [0.05, 0.1) is 17.1 Å². The summed E-state index contributed by atoms with van der Waals surface area (Å²) in [5, 5.41) is 9.84. The van der Waals surface area contributed by atoms with Gasteiger partial charge in [-0.3, -0.25) is 0 Å². The minimum atomic E-state index is -3.60. The highest BCUT2D eigenvalue weighted by Gasteiger charge is 2.28. The van der Waals surface area contributed by atoms with E-state index in [1.54, 1.807) is 32.9 Å². The van der Waals surface area contributed by atoms with Gasteiger partial charge in [-0.05, 0) is 44.5 Å². The molecule has 1 N–H and O–H groups in total. The Labute approximate surface area is 127 Å². The van der Waals surface area contributed by atoms with E-state index < -0.39 is 15.6 Å². The van der Waals surface area contributed by atoms with E-state index in [1.807, 2.05) is 6.92 Å². The Balaban J connectivity index is 2.95. The van der Waals surface area contributed by atoms with E-state index in [0.29, 0.717) is 18.9 Å². The van der Waals surface area contributed by atoms with Gasteiger partial charge in [-0.25, -0.2) is 8.42 Å². The van der Waals surface area contributed by atoms with Crippen LogP contribution in [0.1, 0.15) is 34.1 Å². The summed E-state index contributed by atoms with van der Waals surface area (Å²) in [4.78, 5) is 0.206. The van der Waals surface area contributed by atoms with Crippen LogP contribution >= 0.6 is 0 Å². The summed E-state index contributed by atoms with van der Waals surface area (Å²) in [6.07, 6.45) is 0.898. The fourth-order valence-corrected chi connectivity index (χ4v) is 3.48. The van der Waals surface area contributed by atoms with E-state index in [2.05, 4.69) is 0 Å². The Morgan fingerprint density at radius 3 is 2.19 bits per heavy atom. The number of sulfonamides is 1. The number of ether oxygens (including phenoxy) is 1. The maximum Gasteiger partial charge on any atom is 0.243 e. The minimum absolute atomic E-state index is 0.0555. The van der Waals surface area contributed by atoms with E-state index in [0.717, 1.165) is 6.42 Å². The molecule has 0 bridgehead atoms. The molecule has 1 rings (SSSR count). The molecule has 1 aromatic carbocycles. The fraction of sp³-hybridized carbons (Fsp3) is 0.600. The van der Waals surface area contributed by atoms with Crippen molar-refractivity contribution in [1.29, 1.82) is 0 Å². The zero-order valence-electron chi connectivity index (χ0n) is 13.2. The first-order valence-corrected chi connectivity index (χ1v) is 8.60. The third kappa shape index (κ3) is 5.30. The zero-order chi connectivity index (χ0) is 16.1. The summed E-state index contributed by atoms with van der Waals surface area (Å²) in [5.74, 6) is 0.654. The maximum atomic E-state index is 12.5. The van der Waals surface area contributed by atoms with Crippen LogP contribution in [-0.2, 0) is 10.0 Å². The molecule has 0 saturated heterocycles. The number of aliphatic hydroxyl groups is 1. The number of benzene rings is 1. The molecular formula is C15H25NO4S. The number of hydrogen-bond acceptors (Lipinski definition) is 4. The Morgan fingerprint density at radius 1 is 1.19 bits per heavy atom. The first-order valence-electron chi connectivity index (χ1n) is 7.16. The van der Waals surface area contributed by atoms with Crippen molar-refractivity contribution in [2.45, 2.75) is 44.6 Å². The molecule has 0 heterocycles. The lowest BCUT2D eigenvalue weighted by atomic mass is 10.1. The molecule has 0 spiro atoms. The van der Waals surface area contributed by atoms with Crippen molar-refractivity contribution in [2.75, 3.05) is 19.7 Å². The molecule has 21 heavy (non-hydrogen) atoms. The summed E-state index contributed by atoms with van der Waals surface area (Å²) < 4.78 is 31.8. The van der Waals surface area contributed by atoms with Gasteiger partial charge in [-0.2, -0.15) is 4.31 Å². The third-order valence-corrected chi connectivity index (χ3v) is 4.79. The molecular weight excluding hydrogens is 290 g/mol. The average Bonchev–Trinajstić information content (AvgIpc) is 2.41. The van der Waals surface area contributed by atoms with Gasteiger partial charge in [-0.15, -0.1) is 0 Å². The van der Waals surface area contributed by atoms with Gasteiger partial charge in [0.25, 0.3) is 0 Å². The summed E-state index contributed by atoms with van der Waals surface area (Å²) in [6, 6.07) is 6.38. The second-order valence-electron chi connectivity index (χ2n) is 5.56. The Hall–Kier alpha value is -1.11. The van der Waals surface area contributed by atoms with Crippen LogP contribution < -0.4 is 4.74 Å². The molecule has 0 saturated carbocycles. The second kappa shape index (κ2) is 7.24. The summed E-state index contributed by atoms with van der Waals surface area (Å²) in [7, 11) is -3.60. The summed E-state index contributed by atoms with van der Waals surface area (Å²) in [5.41, 5.74) is -1.08. The van der Waals surface area contributed by atoms with Gasteiger partial charge in [-0.1, -0.05) is 13.8 Å². The van der Waals surface area contributed by atoms with E-state index in [-0.39, 0.29) is 11.4 Å². The highest BCUT2D eigenvalue weighted by atomic mass is 32.2. The summed E-state index contributed by atoms with van der Waals surface area (Å²) >= 11 is 0. The molecule has 0 aromatic heterocycles.